The highest BCUT2D eigenvalue weighted by molar-refractivity contribution is 5.92. The summed E-state index contributed by atoms with van der Waals surface area (Å²) in [5.41, 5.74) is 3.72. The second kappa shape index (κ2) is 6.90. The van der Waals surface area contributed by atoms with E-state index in [9.17, 15) is 4.79 Å². The van der Waals surface area contributed by atoms with Gasteiger partial charge in [0.1, 0.15) is 5.75 Å². The van der Waals surface area contributed by atoms with Crippen LogP contribution in [0.3, 0.4) is 0 Å². The van der Waals surface area contributed by atoms with E-state index in [-0.39, 0.29) is 19.1 Å². The minimum atomic E-state index is -0.212. The summed E-state index contributed by atoms with van der Waals surface area (Å²) in [4.78, 5) is 11.9. The smallest absolute Gasteiger partial charge is 0.262 e. The number of rotatable bonds is 5. The molecule has 0 aliphatic heterocycles. The Labute approximate surface area is 124 Å². The number of aliphatic hydroxyl groups excluding tert-OH is 1. The van der Waals surface area contributed by atoms with Crippen molar-refractivity contribution in [3.05, 3.63) is 59.2 Å². The molecule has 0 spiro atoms. The van der Waals surface area contributed by atoms with Crippen LogP contribution in [0.1, 0.15) is 16.7 Å². The van der Waals surface area contributed by atoms with E-state index in [0.29, 0.717) is 5.75 Å². The Morgan fingerprint density at radius 3 is 2.71 bits per heavy atom. The fourth-order valence-electron chi connectivity index (χ4n) is 2.02. The predicted octanol–water partition coefficient (Wildman–Crippen LogP) is 2.81. The average Bonchev–Trinajstić information content (AvgIpc) is 2.48. The molecule has 0 saturated carbocycles. The molecule has 0 fully saturated rings. The summed E-state index contributed by atoms with van der Waals surface area (Å²) in [5.74, 6) is 0.355. The van der Waals surface area contributed by atoms with Crippen LogP contribution in [0.2, 0.25) is 0 Å². The molecule has 4 nitrogen and oxygen atoms in total. The summed E-state index contributed by atoms with van der Waals surface area (Å²) in [6.07, 6.45) is 0. The van der Waals surface area contributed by atoms with Crippen LogP contribution in [0.5, 0.6) is 5.75 Å². The van der Waals surface area contributed by atoms with Crippen LogP contribution in [-0.2, 0) is 11.4 Å². The van der Waals surface area contributed by atoms with Gasteiger partial charge in [0.25, 0.3) is 5.91 Å². The van der Waals surface area contributed by atoms with Gasteiger partial charge in [-0.2, -0.15) is 0 Å². The SMILES string of the molecule is Cc1ccc(NC(=O)COc2cccc(CO)c2)c(C)c1. The molecule has 0 atom stereocenters. The fraction of sp³-hybridized carbons (Fsp3) is 0.235. The zero-order valence-electron chi connectivity index (χ0n) is 12.2. The van der Waals surface area contributed by atoms with Gasteiger partial charge in [0, 0.05) is 5.69 Å². The normalized spacial score (nSPS) is 10.2. The lowest BCUT2D eigenvalue weighted by Crippen LogP contribution is -2.20. The molecule has 0 aliphatic carbocycles. The minimum absolute atomic E-state index is 0.0496. The highest BCUT2D eigenvalue weighted by Crippen LogP contribution is 2.16. The monoisotopic (exact) mass is 285 g/mol. The first kappa shape index (κ1) is 15.1. The summed E-state index contributed by atoms with van der Waals surface area (Å²) >= 11 is 0. The van der Waals surface area contributed by atoms with Gasteiger partial charge in [-0.3, -0.25) is 4.79 Å². The van der Waals surface area contributed by atoms with Crippen LogP contribution in [-0.4, -0.2) is 17.6 Å². The highest BCUT2D eigenvalue weighted by Gasteiger charge is 2.06. The lowest BCUT2D eigenvalue weighted by molar-refractivity contribution is -0.118. The number of carbonyl (C=O) groups is 1. The molecule has 4 heteroatoms. The molecular weight excluding hydrogens is 266 g/mol. The maximum Gasteiger partial charge on any atom is 0.262 e. The first-order valence-corrected chi connectivity index (χ1v) is 6.78. The number of hydrogen-bond acceptors (Lipinski definition) is 3. The van der Waals surface area contributed by atoms with Crippen LogP contribution >= 0.6 is 0 Å². The molecule has 0 aromatic heterocycles. The summed E-state index contributed by atoms with van der Waals surface area (Å²) in [6, 6.07) is 12.9. The van der Waals surface area contributed by atoms with E-state index in [0.717, 1.165) is 22.4 Å². The molecule has 1 amide bonds. The van der Waals surface area contributed by atoms with E-state index in [1.165, 1.54) is 0 Å². The van der Waals surface area contributed by atoms with Crippen molar-refractivity contribution in [2.24, 2.45) is 0 Å². The standard InChI is InChI=1S/C17H19NO3/c1-12-6-7-16(13(2)8-12)18-17(20)11-21-15-5-3-4-14(9-15)10-19/h3-9,19H,10-11H2,1-2H3,(H,18,20). The number of amides is 1. The van der Waals surface area contributed by atoms with Crippen LogP contribution in [0.25, 0.3) is 0 Å². The van der Waals surface area contributed by atoms with Gasteiger partial charge in [-0.05, 0) is 43.2 Å². The lowest BCUT2D eigenvalue weighted by atomic mass is 10.1. The molecule has 0 unspecified atom stereocenters. The lowest BCUT2D eigenvalue weighted by Gasteiger charge is -2.10. The van der Waals surface area contributed by atoms with Gasteiger partial charge in [0.15, 0.2) is 6.61 Å². The van der Waals surface area contributed by atoms with Crippen molar-refractivity contribution in [2.45, 2.75) is 20.5 Å². The molecule has 0 saturated heterocycles. The Hall–Kier alpha value is -2.33. The van der Waals surface area contributed by atoms with Gasteiger partial charge in [0.05, 0.1) is 6.61 Å². The third-order valence-electron chi connectivity index (χ3n) is 3.11. The largest absolute Gasteiger partial charge is 0.484 e. The molecule has 2 N–H and O–H groups in total. The van der Waals surface area contributed by atoms with Crippen molar-refractivity contribution in [3.8, 4) is 5.75 Å². The molecule has 2 aromatic rings. The van der Waals surface area contributed by atoms with Gasteiger partial charge in [-0.15, -0.1) is 0 Å². The number of hydrogen-bond donors (Lipinski definition) is 2. The fourth-order valence-corrected chi connectivity index (χ4v) is 2.02. The third kappa shape index (κ3) is 4.33. The van der Waals surface area contributed by atoms with E-state index in [1.54, 1.807) is 24.3 Å². The van der Waals surface area contributed by atoms with Crippen LogP contribution < -0.4 is 10.1 Å². The number of benzene rings is 2. The highest BCUT2D eigenvalue weighted by atomic mass is 16.5. The molecule has 0 heterocycles. The van der Waals surface area contributed by atoms with Gasteiger partial charge in [0.2, 0.25) is 0 Å². The summed E-state index contributed by atoms with van der Waals surface area (Å²) < 4.78 is 5.42. The first-order chi connectivity index (χ1) is 10.1. The zero-order chi connectivity index (χ0) is 15.2. The van der Waals surface area contributed by atoms with Gasteiger partial charge in [-0.25, -0.2) is 0 Å². The van der Waals surface area contributed by atoms with Gasteiger partial charge >= 0.3 is 0 Å². The molecular formula is C17H19NO3. The second-order valence-electron chi connectivity index (χ2n) is 4.96. The maximum absolute atomic E-state index is 11.9. The topological polar surface area (TPSA) is 58.6 Å². The molecule has 0 radical (unpaired) electrons. The summed E-state index contributed by atoms with van der Waals surface area (Å²) in [5, 5.41) is 11.9. The third-order valence-corrected chi connectivity index (χ3v) is 3.11. The molecule has 21 heavy (non-hydrogen) atoms. The summed E-state index contributed by atoms with van der Waals surface area (Å²) in [7, 11) is 0. The zero-order valence-corrected chi connectivity index (χ0v) is 12.2. The van der Waals surface area contributed by atoms with E-state index in [1.807, 2.05) is 32.0 Å². The minimum Gasteiger partial charge on any atom is -0.484 e. The number of carbonyl (C=O) groups excluding carboxylic acids is 1. The van der Waals surface area contributed by atoms with Crippen molar-refractivity contribution in [1.82, 2.24) is 0 Å². The van der Waals surface area contributed by atoms with Crippen molar-refractivity contribution in [2.75, 3.05) is 11.9 Å². The number of ether oxygens (including phenoxy) is 1. The predicted molar refractivity (Wildman–Crippen MR) is 82.4 cm³/mol. The van der Waals surface area contributed by atoms with Crippen molar-refractivity contribution < 1.29 is 14.6 Å². The average molecular weight is 285 g/mol. The van der Waals surface area contributed by atoms with E-state index in [4.69, 9.17) is 9.84 Å². The molecule has 2 rings (SSSR count). The van der Waals surface area contributed by atoms with Crippen molar-refractivity contribution in [3.63, 3.8) is 0 Å². The Bertz CT molecular complexity index is 638. The van der Waals surface area contributed by atoms with E-state index >= 15 is 0 Å². The van der Waals surface area contributed by atoms with Crippen molar-refractivity contribution in [1.29, 1.82) is 0 Å². The second-order valence-corrected chi connectivity index (χ2v) is 4.96. The molecule has 2 aromatic carbocycles. The van der Waals surface area contributed by atoms with E-state index < -0.39 is 0 Å². The number of nitrogens with one attached hydrogen (secondary N) is 1. The maximum atomic E-state index is 11.9. The summed E-state index contributed by atoms with van der Waals surface area (Å²) in [6.45, 7) is 3.85. The van der Waals surface area contributed by atoms with Crippen molar-refractivity contribution >= 4 is 11.6 Å². The Morgan fingerprint density at radius 1 is 1.19 bits per heavy atom. The van der Waals surface area contributed by atoms with Gasteiger partial charge < -0.3 is 15.2 Å². The molecule has 110 valence electrons. The number of aryl methyl sites for hydroxylation is 2. The van der Waals surface area contributed by atoms with Crippen LogP contribution in [0, 0.1) is 13.8 Å². The Balaban J connectivity index is 1.92. The van der Waals surface area contributed by atoms with Crippen LogP contribution in [0.4, 0.5) is 5.69 Å². The quantitative estimate of drug-likeness (QED) is 0.888. The Morgan fingerprint density at radius 2 is 2.00 bits per heavy atom. The number of aliphatic hydroxyl groups is 1. The van der Waals surface area contributed by atoms with E-state index in [2.05, 4.69) is 5.32 Å². The number of anilines is 1. The molecule has 0 bridgehead atoms. The van der Waals surface area contributed by atoms with Crippen LogP contribution in [0.15, 0.2) is 42.5 Å². The van der Waals surface area contributed by atoms with Gasteiger partial charge in [-0.1, -0.05) is 29.8 Å². The Kier molecular flexibility index (Phi) is 4.95. The first-order valence-electron chi connectivity index (χ1n) is 6.78. The molecule has 0 aliphatic rings.